The van der Waals surface area contributed by atoms with E-state index >= 15 is 0 Å². The second-order valence-electron chi connectivity index (χ2n) is 5.75. The molecule has 0 aromatic heterocycles. The number of halogens is 3. The molecule has 0 aromatic rings. The average Bonchev–Trinajstić information content (AvgIpc) is 2.29. The molecule has 0 amide bonds. The van der Waals surface area contributed by atoms with E-state index in [1.54, 1.807) is 0 Å². The fourth-order valence-electron chi connectivity index (χ4n) is 2.60. The maximum atomic E-state index is 12.5. The molecule has 0 saturated heterocycles. The minimum atomic E-state index is -4.00. The van der Waals surface area contributed by atoms with Crippen LogP contribution in [0.1, 0.15) is 39.5 Å². The predicted octanol–water partition coefficient (Wildman–Crippen LogP) is 2.93. The minimum Gasteiger partial charge on any atom is -0.329 e. The van der Waals surface area contributed by atoms with Crippen molar-refractivity contribution in [2.24, 2.45) is 23.5 Å². The second kappa shape index (κ2) is 6.75. The molecule has 1 aliphatic rings. The standard InChI is InChI=1S/C13H25F3N2/c1-9(2)12(7-17)18-8-10-3-5-11(6-4-10)13(14,15)16/h9-12,18H,3-8,17H2,1-2H3. The van der Waals surface area contributed by atoms with Gasteiger partial charge in [-0.2, -0.15) is 13.2 Å². The van der Waals surface area contributed by atoms with Gasteiger partial charge in [-0.15, -0.1) is 0 Å². The zero-order valence-corrected chi connectivity index (χ0v) is 11.3. The monoisotopic (exact) mass is 266 g/mol. The molecule has 1 saturated carbocycles. The van der Waals surface area contributed by atoms with Crippen LogP contribution in [0, 0.1) is 17.8 Å². The first kappa shape index (κ1) is 15.8. The summed E-state index contributed by atoms with van der Waals surface area (Å²) in [5.74, 6) is -0.248. The molecule has 1 unspecified atom stereocenters. The highest BCUT2D eigenvalue weighted by Gasteiger charge is 2.41. The first-order chi connectivity index (χ1) is 8.34. The minimum absolute atomic E-state index is 0.269. The van der Waals surface area contributed by atoms with Gasteiger partial charge in [0.25, 0.3) is 0 Å². The van der Waals surface area contributed by atoms with Gasteiger partial charge in [-0.25, -0.2) is 0 Å². The van der Waals surface area contributed by atoms with Gasteiger partial charge in [0.2, 0.25) is 0 Å². The summed E-state index contributed by atoms with van der Waals surface area (Å²) in [4.78, 5) is 0. The lowest BCUT2D eigenvalue weighted by molar-refractivity contribution is -0.183. The third kappa shape index (κ3) is 4.76. The van der Waals surface area contributed by atoms with Gasteiger partial charge in [-0.3, -0.25) is 0 Å². The number of alkyl halides is 3. The molecule has 0 heterocycles. The third-order valence-corrected chi connectivity index (χ3v) is 4.04. The summed E-state index contributed by atoms with van der Waals surface area (Å²) in [6.45, 7) is 5.58. The Morgan fingerprint density at radius 1 is 1.17 bits per heavy atom. The van der Waals surface area contributed by atoms with Crippen molar-refractivity contribution in [2.45, 2.75) is 51.7 Å². The largest absolute Gasteiger partial charge is 0.391 e. The van der Waals surface area contributed by atoms with E-state index in [1.165, 1.54) is 0 Å². The highest BCUT2D eigenvalue weighted by Crippen LogP contribution is 2.39. The van der Waals surface area contributed by atoms with Gasteiger partial charge in [-0.1, -0.05) is 13.8 Å². The SMILES string of the molecule is CC(C)C(CN)NCC1CCC(C(F)(F)F)CC1. The first-order valence-electron chi connectivity index (χ1n) is 6.84. The van der Waals surface area contributed by atoms with Crippen LogP contribution in [-0.4, -0.2) is 25.3 Å². The van der Waals surface area contributed by atoms with Crippen LogP contribution in [0.5, 0.6) is 0 Å². The Hall–Kier alpha value is -0.290. The molecule has 0 radical (unpaired) electrons. The van der Waals surface area contributed by atoms with Gasteiger partial charge in [0.15, 0.2) is 0 Å². The van der Waals surface area contributed by atoms with Gasteiger partial charge in [0.1, 0.15) is 0 Å². The summed E-state index contributed by atoms with van der Waals surface area (Å²) in [7, 11) is 0. The van der Waals surface area contributed by atoms with Crippen molar-refractivity contribution in [3.05, 3.63) is 0 Å². The van der Waals surface area contributed by atoms with E-state index in [4.69, 9.17) is 5.73 Å². The fraction of sp³-hybridized carbons (Fsp3) is 1.00. The van der Waals surface area contributed by atoms with Gasteiger partial charge in [0, 0.05) is 12.6 Å². The number of hydrogen-bond acceptors (Lipinski definition) is 2. The zero-order chi connectivity index (χ0) is 13.8. The molecule has 108 valence electrons. The summed E-state index contributed by atoms with van der Waals surface area (Å²) in [6, 6.07) is 0.269. The summed E-state index contributed by atoms with van der Waals surface area (Å²) in [6.07, 6.45) is -2.09. The molecule has 1 aliphatic carbocycles. The topological polar surface area (TPSA) is 38.0 Å². The quantitative estimate of drug-likeness (QED) is 0.803. The molecule has 0 aliphatic heterocycles. The van der Waals surface area contributed by atoms with Crippen molar-refractivity contribution in [2.75, 3.05) is 13.1 Å². The van der Waals surface area contributed by atoms with Crippen LogP contribution in [0.3, 0.4) is 0 Å². The number of nitrogens with one attached hydrogen (secondary N) is 1. The Morgan fingerprint density at radius 2 is 1.72 bits per heavy atom. The van der Waals surface area contributed by atoms with Crippen molar-refractivity contribution in [3.63, 3.8) is 0 Å². The second-order valence-corrected chi connectivity index (χ2v) is 5.75. The van der Waals surface area contributed by atoms with Crippen LogP contribution in [0.25, 0.3) is 0 Å². The first-order valence-corrected chi connectivity index (χ1v) is 6.84. The molecule has 1 rings (SSSR count). The van der Waals surface area contributed by atoms with Crippen LogP contribution >= 0.6 is 0 Å². The number of hydrogen-bond donors (Lipinski definition) is 2. The molecule has 1 fully saturated rings. The highest BCUT2D eigenvalue weighted by atomic mass is 19.4. The molecule has 0 aromatic carbocycles. The summed E-state index contributed by atoms with van der Waals surface area (Å²) in [5, 5.41) is 3.39. The molecule has 1 atom stereocenters. The van der Waals surface area contributed by atoms with Crippen molar-refractivity contribution in [3.8, 4) is 0 Å². The highest BCUT2D eigenvalue weighted by molar-refractivity contribution is 4.80. The van der Waals surface area contributed by atoms with Gasteiger partial charge in [0.05, 0.1) is 5.92 Å². The maximum absolute atomic E-state index is 12.5. The van der Waals surface area contributed by atoms with Crippen molar-refractivity contribution in [1.29, 1.82) is 0 Å². The smallest absolute Gasteiger partial charge is 0.329 e. The summed E-state index contributed by atoms with van der Waals surface area (Å²) in [5.41, 5.74) is 5.66. The lowest BCUT2D eigenvalue weighted by Crippen LogP contribution is -2.43. The van der Waals surface area contributed by atoms with E-state index in [9.17, 15) is 13.2 Å². The van der Waals surface area contributed by atoms with Crippen LogP contribution in [0.4, 0.5) is 13.2 Å². The van der Waals surface area contributed by atoms with Crippen molar-refractivity contribution in [1.82, 2.24) is 5.32 Å². The lowest BCUT2D eigenvalue weighted by Gasteiger charge is -2.31. The van der Waals surface area contributed by atoms with E-state index in [0.29, 0.717) is 31.2 Å². The lowest BCUT2D eigenvalue weighted by atomic mass is 9.81. The molecule has 18 heavy (non-hydrogen) atoms. The van der Waals surface area contributed by atoms with Crippen LogP contribution in [-0.2, 0) is 0 Å². The Morgan fingerprint density at radius 3 is 2.11 bits per heavy atom. The summed E-state index contributed by atoms with van der Waals surface area (Å²) < 4.78 is 37.5. The predicted molar refractivity (Wildman–Crippen MR) is 67.2 cm³/mol. The van der Waals surface area contributed by atoms with E-state index in [-0.39, 0.29) is 18.9 Å². The average molecular weight is 266 g/mol. The third-order valence-electron chi connectivity index (χ3n) is 4.04. The molecular formula is C13H25F3N2. The Kier molecular flexibility index (Phi) is 5.92. The van der Waals surface area contributed by atoms with E-state index in [0.717, 1.165) is 6.54 Å². The van der Waals surface area contributed by atoms with Crippen LogP contribution in [0.15, 0.2) is 0 Å². The van der Waals surface area contributed by atoms with Crippen LogP contribution in [0.2, 0.25) is 0 Å². The molecule has 2 nitrogen and oxygen atoms in total. The Balaban J connectivity index is 2.27. The van der Waals surface area contributed by atoms with Gasteiger partial charge >= 0.3 is 6.18 Å². The number of rotatable bonds is 5. The van der Waals surface area contributed by atoms with E-state index in [2.05, 4.69) is 19.2 Å². The molecule has 5 heteroatoms. The Labute approximate surface area is 107 Å². The molecular weight excluding hydrogens is 241 g/mol. The normalized spacial score (nSPS) is 27.5. The number of nitrogens with two attached hydrogens (primary N) is 1. The Bertz CT molecular complexity index is 233. The van der Waals surface area contributed by atoms with E-state index < -0.39 is 12.1 Å². The molecule has 0 bridgehead atoms. The fourth-order valence-corrected chi connectivity index (χ4v) is 2.60. The van der Waals surface area contributed by atoms with E-state index in [1.807, 2.05) is 0 Å². The van der Waals surface area contributed by atoms with Crippen LogP contribution < -0.4 is 11.1 Å². The maximum Gasteiger partial charge on any atom is 0.391 e. The van der Waals surface area contributed by atoms with Gasteiger partial charge < -0.3 is 11.1 Å². The summed E-state index contributed by atoms with van der Waals surface area (Å²) >= 11 is 0. The molecule has 0 spiro atoms. The van der Waals surface area contributed by atoms with Crippen molar-refractivity contribution < 1.29 is 13.2 Å². The van der Waals surface area contributed by atoms with Crippen molar-refractivity contribution >= 4 is 0 Å². The van der Waals surface area contributed by atoms with Gasteiger partial charge in [-0.05, 0) is 44.1 Å². The molecule has 3 N–H and O–H groups in total. The zero-order valence-electron chi connectivity index (χ0n) is 11.3.